The van der Waals surface area contributed by atoms with E-state index < -0.39 is 0 Å². The van der Waals surface area contributed by atoms with Gasteiger partial charge < -0.3 is 5.32 Å². The van der Waals surface area contributed by atoms with Crippen LogP contribution in [0.3, 0.4) is 0 Å². The summed E-state index contributed by atoms with van der Waals surface area (Å²) < 4.78 is 0. The lowest BCUT2D eigenvalue weighted by molar-refractivity contribution is 0.0950. The average Bonchev–Trinajstić information content (AvgIpc) is 2.48. The Morgan fingerprint density at radius 2 is 1.81 bits per heavy atom. The van der Waals surface area contributed by atoms with E-state index in [1.165, 1.54) is 11.1 Å². The molecule has 2 rings (SSSR count). The average molecular weight is 281 g/mol. The molecule has 1 atom stereocenters. The quantitative estimate of drug-likeness (QED) is 0.873. The number of hydrogen-bond donors (Lipinski definition) is 1. The van der Waals surface area contributed by atoms with Crippen LogP contribution in [0.2, 0.25) is 0 Å². The number of carbonyl (C=O) groups excluding carboxylic acids is 1. The second-order valence-electron chi connectivity index (χ2n) is 5.54. The van der Waals surface area contributed by atoms with Gasteiger partial charge in [-0.25, -0.2) is 0 Å². The smallest absolute Gasteiger partial charge is 0.251 e. The number of carbonyl (C=O) groups is 1. The second kappa shape index (κ2) is 7.07. The molecule has 1 N–H and O–H groups in total. The van der Waals surface area contributed by atoms with Gasteiger partial charge in [0.05, 0.1) is 0 Å². The lowest BCUT2D eigenvalue weighted by Crippen LogP contribution is -2.28. The zero-order valence-corrected chi connectivity index (χ0v) is 13.0. The van der Waals surface area contributed by atoms with Gasteiger partial charge in [-0.15, -0.1) is 0 Å². The first kappa shape index (κ1) is 15.3. The third-order valence-corrected chi connectivity index (χ3v) is 3.90. The standard InChI is InChI=1S/C19H23NO/c1-4-16(17-8-6-5-7-9-17)13-20-19(21)18-11-10-14(2)12-15(18)3/h5-12,16H,4,13H2,1-3H3,(H,20,21). The molecule has 0 aromatic heterocycles. The van der Waals surface area contributed by atoms with Crippen molar-refractivity contribution in [3.05, 3.63) is 70.8 Å². The van der Waals surface area contributed by atoms with Crippen molar-refractivity contribution >= 4 is 5.91 Å². The van der Waals surface area contributed by atoms with E-state index >= 15 is 0 Å². The van der Waals surface area contributed by atoms with E-state index in [0.717, 1.165) is 17.5 Å². The number of amides is 1. The molecule has 0 heterocycles. The second-order valence-corrected chi connectivity index (χ2v) is 5.54. The summed E-state index contributed by atoms with van der Waals surface area (Å²) in [6.45, 7) is 6.85. The monoisotopic (exact) mass is 281 g/mol. The topological polar surface area (TPSA) is 29.1 Å². The highest BCUT2D eigenvalue weighted by Crippen LogP contribution is 2.18. The van der Waals surface area contributed by atoms with Gasteiger partial charge in [-0.2, -0.15) is 0 Å². The van der Waals surface area contributed by atoms with Crippen LogP contribution in [-0.2, 0) is 0 Å². The Hall–Kier alpha value is -2.09. The summed E-state index contributed by atoms with van der Waals surface area (Å²) in [5, 5.41) is 3.07. The normalized spacial score (nSPS) is 12.0. The minimum atomic E-state index is 0.0156. The Labute approximate surface area is 127 Å². The molecule has 0 aliphatic carbocycles. The van der Waals surface area contributed by atoms with Crippen molar-refractivity contribution in [3.8, 4) is 0 Å². The lowest BCUT2D eigenvalue weighted by Gasteiger charge is -2.17. The summed E-state index contributed by atoms with van der Waals surface area (Å²) in [6.07, 6.45) is 1.01. The number of hydrogen-bond acceptors (Lipinski definition) is 1. The van der Waals surface area contributed by atoms with Crippen molar-refractivity contribution in [1.82, 2.24) is 5.32 Å². The summed E-state index contributed by atoms with van der Waals surface area (Å²) in [5.41, 5.74) is 4.25. The van der Waals surface area contributed by atoms with Crippen molar-refractivity contribution in [2.45, 2.75) is 33.1 Å². The number of aryl methyl sites for hydroxylation is 2. The summed E-state index contributed by atoms with van der Waals surface area (Å²) in [6, 6.07) is 16.3. The fraction of sp³-hybridized carbons (Fsp3) is 0.316. The summed E-state index contributed by atoms with van der Waals surface area (Å²) >= 11 is 0. The molecule has 0 bridgehead atoms. The highest BCUT2D eigenvalue weighted by Gasteiger charge is 2.13. The largest absolute Gasteiger partial charge is 0.351 e. The molecule has 0 spiro atoms. The molecule has 0 aliphatic heterocycles. The van der Waals surface area contributed by atoms with Crippen molar-refractivity contribution in [1.29, 1.82) is 0 Å². The van der Waals surface area contributed by atoms with E-state index in [4.69, 9.17) is 0 Å². The predicted octanol–water partition coefficient (Wildman–Crippen LogP) is 4.23. The van der Waals surface area contributed by atoms with Crippen LogP contribution in [0.4, 0.5) is 0 Å². The van der Waals surface area contributed by atoms with Gasteiger partial charge in [-0.1, -0.05) is 55.0 Å². The first-order valence-corrected chi connectivity index (χ1v) is 7.52. The maximum absolute atomic E-state index is 12.3. The summed E-state index contributed by atoms with van der Waals surface area (Å²) in [4.78, 5) is 12.3. The van der Waals surface area contributed by atoms with Crippen molar-refractivity contribution < 1.29 is 4.79 Å². The van der Waals surface area contributed by atoms with Gasteiger partial charge >= 0.3 is 0 Å². The van der Waals surface area contributed by atoms with E-state index in [-0.39, 0.29) is 5.91 Å². The van der Waals surface area contributed by atoms with Gasteiger partial charge in [-0.3, -0.25) is 4.79 Å². The fourth-order valence-corrected chi connectivity index (χ4v) is 2.60. The number of rotatable bonds is 5. The van der Waals surface area contributed by atoms with Gasteiger partial charge in [0.1, 0.15) is 0 Å². The first-order chi connectivity index (χ1) is 10.1. The molecular formula is C19H23NO. The summed E-state index contributed by atoms with van der Waals surface area (Å²) in [5.74, 6) is 0.378. The molecule has 0 aliphatic rings. The highest BCUT2D eigenvalue weighted by molar-refractivity contribution is 5.95. The molecule has 2 aromatic carbocycles. The van der Waals surface area contributed by atoms with Crippen LogP contribution in [0.1, 0.15) is 46.3 Å². The maximum atomic E-state index is 12.3. The van der Waals surface area contributed by atoms with Gasteiger partial charge in [0, 0.05) is 18.0 Å². The van der Waals surface area contributed by atoms with Gasteiger partial charge in [0.25, 0.3) is 5.91 Å². The molecule has 2 heteroatoms. The van der Waals surface area contributed by atoms with E-state index in [1.54, 1.807) is 0 Å². The van der Waals surface area contributed by atoms with Crippen LogP contribution >= 0.6 is 0 Å². The third kappa shape index (κ3) is 3.94. The number of nitrogens with one attached hydrogen (secondary N) is 1. The van der Waals surface area contributed by atoms with E-state index in [9.17, 15) is 4.79 Å². The maximum Gasteiger partial charge on any atom is 0.251 e. The molecule has 1 unspecified atom stereocenters. The molecule has 2 nitrogen and oxygen atoms in total. The molecule has 0 fully saturated rings. The van der Waals surface area contributed by atoms with Crippen molar-refractivity contribution in [2.24, 2.45) is 0 Å². The molecule has 0 saturated heterocycles. The Balaban J connectivity index is 2.03. The van der Waals surface area contributed by atoms with Crippen LogP contribution in [-0.4, -0.2) is 12.5 Å². The third-order valence-electron chi connectivity index (χ3n) is 3.90. The van der Waals surface area contributed by atoms with E-state index in [1.807, 2.05) is 50.2 Å². The molecular weight excluding hydrogens is 258 g/mol. The van der Waals surface area contributed by atoms with Crippen LogP contribution in [0.15, 0.2) is 48.5 Å². The van der Waals surface area contributed by atoms with Crippen molar-refractivity contribution in [3.63, 3.8) is 0 Å². The minimum absolute atomic E-state index is 0.0156. The van der Waals surface area contributed by atoms with E-state index in [2.05, 4.69) is 24.4 Å². The van der Waals surface area contributed by atoms with E-state index in [0.29, 0.717) is 12.5 Å². The van der Waals surface area contributed by atoms with Crippen molar-refractivity contribution in [2.75, 3.05) is 6.54 Å². The zero-order chi connectivity index (χ0) is 15.2. The Bertz CT molecular complexity index is 604. The van der Waals surface area contributed by atoms with Crippen LogP contribution in [0.5, 0.6) is 0 Å². The Morgan fingerprint density at radius 3 is 2.43 bits per heavy atom. The molecule has 0 radical (unpaired) electrons. The zero-order valence-electron chi connectivity index (χ0n) is 13.0. The molecule has 1 amide bonds. The summed E-state index contributed by atoms with van der Waals surface area (Å²) in [7, 11) is 0. The lowest BCUT2D eigenvalue weighted by atomic mass is 9.96. The van der Waals surface area contributed by atoms with Gasteiger partial charge in [0.2, 0.25) is 0 Å². The molecule has 110 valence electrons. The van der Waals surface area contributed by atoms with Gasteiger partial charge in [-0.05, 0) is 37.5 Å². The molecule has 0 saturated carbocycles. The fourth-order valence-electron chi connectivity index (χ4n) is 2.60. The van der Waals surface area contributed by atoms with Gasteiger partial charge in [0.15, 0.2) is 0 Å². The first-order valence-electron chi connectivity index (χ1n) is 7.52. The predicted molar refractivity (Wildman–Crippen MR) is 87.7 cm³/mol. The van der Waals surface area contributed by atoms with Crippen LogP contribution in [0, 0.1) is 13.8 Å². The van der Waals surface area contributed by atoms with Crippen LogP contribution < -0.4 is 5.32 Å². The highest BCUT2D eigenvalue weighted by atomic mass is 16.1. The van der Waals surface area contributed by atoms with Crippen LogP contribution in [0.25, 0.3) is 0 Å². The number of benzene rings is 2. The SMILES string of the molecule is CCC(CNC(=O)c1ccc(C)cc1C)c1ccccc1. The Morgan fingerprint density at radius 1 is 1.10 bits per heavy atom. The molecule has 2 aromatic rings. The Kier molecular flexibility index (Phi) is 5.15. The minimum Gasteiger partial charge on any atom is -0.351 e. The molecule has 21 heavy (non-hydrogen) atoms.